The lowest BCUT2D eigenvalue weighted by Crippen LogP contribution is -2.44. The summed E-state index contributed by atoms with van der Waals surface area (Å²) in [5, 5.41) is 8.01. The zero-order valence-electron chi connectivity index (χ0n) is 15.5. The second kappa shape index (κ2) is 8.69. The van der Waals surface area contributed by atoms with Crippen molar-refractivity contribution in [2.75, 3.05) is 20.1 Å². The number of hydrogen-bond acceptors (Lipinski definition) is 2. The van der Waals surface area contributed by atoms with Crippen LogP contribution < -0.4 is 5.32 Å². The van der Waals surface area contributed by atoms with Gasteiger partial charge in [-0.1, -0.05) is 24.3 Å². The number of fused-ring (bicyclic) bond motifs is 1. The first-order valence-corrected chi connectivity index (χ1v) is 8.61. The molecular weight excluding hydrogens is 425 g/mol. The normalized spacial score (nSPS) is 14.1. The second-order valence-corrected chi connectivity index (χ2v) is 6.44. The van der Waals surface area contributed by atoms with E-state index >= 15 is 0 Å². The first-order valence-electron chi connectivity index (χ1n) is 8.61. The summed E-state index contributed by atoms with van der Waals surface area (Å²) in [6, 6.07) is 8.69. The number of rotatable bonds is 3. The van der Waals surface area contributed by atoms with Gasteiger partial charge >= 0.3 is 0 Å². The molecule has 1 aliphatic rings. The van der Waals surface area contributed by atoms with Crippen molar-refractivity contribution in [2.24, 2.45) is 12.0 Å². The molecule has 3 rings (SSSR count). The number of nitrogens with one attached hydrogen (secondary N) is 1. The molecule has 1 N–H and O–H groups in total. The van der Waals surface area contributed by atoms with E-state index in [0.717, 1.165) is 44.1 Å². The molecule has 5 nitrogen and oxygen atoms in total. The number of aromatic nitrogens is 2. The molecule has 1 aromatic heterocycles. The number of halogens is 1. The quantitative estimate of drug-likeness (QED) is 0.442. The summed E-state index contributed by atoms with van der Waals surface area (Å²) in [6.07, 6.45) is 2.05. The molecule has 0 radical (unpaired) electrons. The lowest BCUT2D eigenvalue weighted by Gasteiger charge is -2.31. The summed E-state index contributed by atoms with van der Waals surface area (Å²) < 4.78 is 1.96. The number of aryl methyl sites for hydroxylation is 2. The summed E-state index contributed by atoms with van der Waals surface area (Å²) in [6.45, 7) is 7.03. The van der Waals surface area contributed by atoms with Crippen LogP contribution >= 0.6 is 24.0 Å². The average Bonchev–Trinajstić information content (AvgIpc) is 2.84. The van der Waals surface area contributed by atoms with Gasteiger partial charge in [0.05, 0.1) is 5.69 Å². The fourth-order valence-corrected chi connectivity index (χ4v) is 3.49. The van der Waals surface area contributed by atoms with Gasteiger partial charge in [-0.3, -0.25) is 9.67 Å². The molecule has 25 heavy (non-hydrogen) atoms. The predicted octanol–water partition coefficient (Wildman–Crippen LogP) is 2.83. The monoisotopic (exact) mass is 453 g/mol. The van der Waals surface area contributed by atoms with Gasteiger partial charge in [0.2, 0.25) is 0 Å². The average molecular weight is 453 g/mol. The third kappa shape index (κ3) is 4.34. The van der Waals surface area contributed by atoms with Crippen molar-refractivity contribution in [3.05, 3.63) is 52.3 Å². The van der Waals surface area contributed by atoms with Crippen molar-refractivity contribution in [1.29, 1.82) is 0 Å². The molecule has 0 spiro atoms. The molecule has 0 fully saturated rings. The van der Waals surface area contributed by atoms with Crippen LogP contribution in [-0.2, 0) is 26.4 Å². The fourth-order valence-electron chi connectivity index (χ4n) is 3.49. The van der Waals surface area contributed by atoms with Crippen molar-refractivity contribution in [2.45, 2.75) is 33.2 Å². The van der Waals surface area contributed by atoms with Crippen molar-refractivity contribution in [1.82, 2.24) is 20.0 Å². The number of hydrogen-bond donors (Lipinski definition) is 1. The minimum atomic E-state index is 0. The van der Waals surface area contributed by atoms with E-state index in [9.17, 15) is 0 Å². The molecule has 136 valence electrons. The zero-order valence-corrected chi connectivity index (χ0v) is 17.9. The van der Waals surface area contributed by atoms with Crippen LogP contribution in [0, 0.1) is 13.8 Å². The van der Waals surface area contributed by atoms with Crippen LogP contribution in [0.15, 0.2) is 29.3 Å². The Bertz CT molecular complexity index is 750. The van der Waals surface area contributed by atoms with Gasteiger partial charge < -0.3 is 10.2 Å². The number of guanidine groups is 1. The maximum absolute atomic E-state index is 4.49. The van der Waals surface area contributed by atoms with Crippen LogP contribution in [0.5, 0.6) is 0 Å². The Morgan fingerprint density at radius 2 is 1.96 bits per heavy atom. The fraction of sp³-hybridized carbons (Fsp3) is 0.474. The van der Waals surface area contributed by atoms with Crippen molar-refractivity contribution in [3.8, 4) is 0 Å². The van der Waals surface area contributed by atoms with E-state index in [-0.39, 0.29) is 24.0 Å². The smallest absolute Gasteiger partial charge is 0.193 e. The van der Waals surface area contributed by atoms with Crippen molar-refractivity contribution < 1.29 is 0 Å². The third-order valence-electron chi connectivity index (χ3n) is 4.96. The molecule has 0 saturated carbocycles. The summed E-state index contributed by atoms with van der Waals surface area (Å²) in [7, 11) is 3.87. The van der Waals surface area contributed by atoms with Crippen LogP contribution in [0.3, 0.4) is 0 Å². The van der Waals surface area contributed by atoms with Gasteiger partial charge in [-0.25, -0.2) is 0 Å². The Morgan fingerprint density at radius 3 is 2.60 bits per heavy atom. The second-order valence-electron chi connectivity index (χ2n) is 6.44. The maximum atomic E-state index is 4.49. The lowest BCUT2D eigenvalue weighted by atomic mass is 10.0. The highest BCUT2D eigenvalue weighted by atomic mass is 127. The molecule has 0 atom stereocenters. The molecule has 2 aromatic rings. The highest BCUT2D eigenvalue weighted by Crippen LogP contribution is 2.18. The van der Waals surface area contributed by atoms with E-state index in [4.69, 9.17) is 0 Å². The molecule has 0 aliphatic carbocycles. The van der Waals surface area contributed by atoms with E-state index in [2.05, 4.69) is 58.4 Å². The standard InChI is InChI=1S/C19H27N5.HI/c1-14-18(15(2)23(4)22-14)9-11-21-19(20-3)24-12-10-16-7-5-6-8-17(16)13-24;/h5-8H,9-13H2,1-4H3,(H,20,21);1H. The van der Waals surface area contributed by atoms with Gasteiger partial charge in [0.15, 0.2) is 5.96 Å². The Hall–Kier alpha value is -1.57. The molecule has 1 aromatic carbocycles. The Morgan fingerprint density at radius 1 is 1.24 bits per heavy atom. The molecule has 0 saturated heterocycles. The molecule has 1 aliphatic heterocycles. The Kier molecular flexibility index (Phi) is 6.87. The van der Waals surface area contributed by atoms with E-state index in [1.54, 1.807) is 0 Å². The SMILES string of the molecule is CN=C(NCCc1c(C)nn(C)c1C)N1CCc2ccccc2C1.I. The predicted molar refractivity (Wildman–Crippen MR) is 114 cm³/mol. The van der Waals surface area contributed by atoms with E-state index in [1.807, 2.05) is 18.8 Å². The minimum Gasteiger partial charge on any atom is -0.356 e. The van der Waals surface area contributed by atoms with Crippen LogP contribution in [-0.4, -0.2) is 40.8 Å². The van der Waals surface area contributed by atoms with E-state index in [0.29, 0.717) is 0 Å². The van der Waals surface area contributed by atoms with Crippen LogP contribution in [0.2, 0.25) is 0 Å². The molecule has 6 heteroatoms. The summed E-state index contributed by atoms with van der Waals surface area (Å²) in [5.41, 5.74) is 6.58. The third-order valence-corrected chi connectivity index (χ3v) is 4.96. The molecular formula is C19H28IN5. The summed E-state index contributed by atoms with van der Waals surface area (Å²) >= 11 is 0. The largest absolute Gasteiger partial charge is 0.356 e. The van der Waals surface area contributed by atoms with Crippen LogP contribution in [0.1, 0.15) is 28.1 Å². The van der Waals surface area contributed by atoms with Gasteiger partial charge in [0.25, 0.3) is 0 Å². The summed E-state index contributed by atoms with van der Waals surface area (Å²) in [5.74, 6) is 0.990. The Balaban J connectivity index is 0.00000225. The topological polar surface area (TPSA) is 45.5 Å². The maximum Gasteiger partial charge on any atom is 0.193 e. The first-order chi connectivity index (χ1) is 11.6. The number of nitrogens with zero attached hydrogens (tertiary/aromatic N) is 4. The number of benzene rings is 1. The van der Waals surface area contributed by atoms with E-state index in [1.165, 1.54) is 22.4 Å². The first kappa shape index (κ1) is 19.8. The molecule has 0 unspecified atom stereocenters. The molecule has 0 amide bonds. The van der Waals surface area contributed by atoms with Gasteiger partial charge in [0.1, 0.15) is 0 Å². The number of aliphatic imine (C=N–C) groups is 1. The minimum absolute atomic E-state index is 0. The van der Waals surface area contributed by atoms with Gasteiger partial charge in [-0.05, 0) is 43.4 Å². The van der Waals surface area contributed by atoms with E-state index < -0.39 is 0 Å². The zero-order chi connectivity index (χ0) is 17.1. The van der Waals surface area contributed by atoms with Gasteiger partial charge in [0, 0.05) is 39.4 Å². The van der Waals surface area contributed by atoms with Crippen molar-refractivity contribution >= 4 is 29.9 Å². The Labute approximate surface area is 167 Å². The van der Waals surface area contributed by atoms with Crippen LogP contribution in [0.4, 0.5) is 0 Å². The molecule has 0 bridgehead atoms. The molecule has 2 heterocycles. The van der Waals surface area contributed by atoms with Gasteiger partial charge in [-0.15, -0.1) is 24.0 Å². The van der Waals surface area contributed by atoms with Gasteiger partial charge in [-0.2, -0.15) is 5.10 Å². The van der Waals surface area contributed by atoms with Crippen molar-refractivity contribution in [3.63, 3.8) is 0 Å². The highest BCUT2D eigenvalue weighted by molar-refractivity contribution is 14.0. The lowest BCUT2D eigenvalue weighted by molar-refractivity contribution is 0.379. The summed E-state index contributed by atoms with van der Waals surface area (Å²) in [4.78, 5) is 6.82. The van der Waals surface area contributed by atoms with Crippen LogP contribution in [0.25, 0.3) is 0 Å². The highest BCUT2D eigenvalue weighted by Gasteiger charge is 2.18.